The molecule has 1 N–H and O–H groups in total. The monoisotopic (exact) mass is 235 g/mol. The fraction of sp³-hybridized carbons (Fsp3) is 0.643. The first kappa shape index (κ1) is 12.2. The maximum absolute atomic E-state index is 11.1. The van der Waals surface area contributed by atoms with E-state index >= 15 is 0 Å². The Kier molecular flexibility index (Phi) is 3.02. The molecule has 0 amide bonds. The number of carbonyl (C=O) groups is 1. The molecule has 2 rings (SSSR count). The van der Waals surface area contributed by atoms with Gasteiger partial charge in [0, 0.05) is 17.4 Å². The lowest BCUT2D eigenvalue weighted by Gasteiger charge is -2.23. The van der Waals surface area contributed by atoms with E-state index in [1.807, 2.05) is 13.8 Å². The zero-order chi connectivity index (χ0) is 12.7. The third-order valence-corrected chi connectivity index (χ3v) is 4.47. The standard InChI is InChI=1S/C14H21NO2/c1-8-5-6-13(10(8)3)15-9(2)7-12(11(15)4)14(16)17/h7-8,10,13H,5-6H2,1-4H3,(H,16,17). The van der Waals surface area contributed by atoms with E-state index in [4.69, 9.17) is 5.11 Å². The molecule has 1 heterocycles. The van der Waals surface area contributed by atoms with Gasteiger partial charge in [-0.05, 0) is 44.6 Å². The predicted molar refractivity (Wildman–Crippen MR) is 67.5 cm³/mol. The van der Waals surface area contributed by atoms with Crippen LogP contribution in [0.4, 0.5) is 0 Å². The van der Waals surface area contributed by atoms with Crippen molar-refractivity contribution in [3.05, 3.63) is 23.0 Å². The molecule has 1 fully saturated rings. The average Bonchev–Trinajstić information content (AvgIpc) is 2.71. The van der Waals surface area contributed by atoms with Crippen LogP contribution in [-0.4, -0.2) is 15.6 Å². The van der Waals surface area contributed by atoms with Gasteiger partial charge < -0.3 is 9.67 Å². The Morgan fingerprint density at radius 2 is 2.00 bits per heavy atom. The third-order valence-electron chi connectivity index (χ3n) is 4.47. The highest BCUT2D eigenvalue weighted by Gasteiger charge is 2.33. The highest BCUT2D eigenvalue weighted by atomic mass is 16.4. The zero-order valence-electron chi connectivity index (χ0n) is 11.0. The zero-order valence-corrected chi connectivity index (χ0v) is 11.0. The van der Waals surface area contributed by atoms with E-state index in [2.05, 4.69) is 18.4 Å². The van der Waals surface area contributed by atoms with Gasteiger partial charge in [-0.3, -0.25) is 0 Å². The molecule has 0 saturated heterocycles. The van der Waals surface area contributed by atoms with Crippen LogP contribution in [0.15, 0.2) is 6.07 Å². The number of rotatable bonds is 2. The highest BCUT2D eigenvalue weighted by Crippen LogP contribution is 2.41. The summed E-state index contributed by atoms with van der Waals surface area (Å²) in [6.45, 7) is 8.50. The molecule has 3 atom stereocenters. The number of nitrogens with zero attached hydrogens (tertiary/aromatic N) is 1. The van der Waals surface area contributed by atoms with Gasteiger partial charge >= 0.3 is 5.97 Å². The Labute approximate surface area is 102 Å². The van der Waals surface area contributed by atoms with Gasteiger partial charge in [-0.1, -0.05) is 13.8 Å². The molecule has 1 aliphatic carbocycles. The summed E-state index contributed by atoms with van der Waals surface area (Å²) in [6, 6.07) is 2.27. The number of hydrogen-bond donors (Lipinski definition) is 1. The van der Waals surface area contributed by atoms with E-state index in [0.29, 0.717) is 17.5 Å². The average molecular weight is 235 g/mol. The van der Waals surface area contributed by atoms with Crippen molar-refractivity contribution in [1.82, 2.24) is 4.57 Å². The van der Waals surface area contributed by atoms with Crippen molar-refractivity contribution in [1.29, 1.82) is 0 Å². The number of aryl methyl sites for hydroxylation is 1. The van der Waals surface area contributed by atoms with Crippen LogP contribution in [0.5, 0.6) is 0 Å². The van der Waals surface area contributed by atoms with Crippen LogP contribution in [0.1, 0.15) is 54.5 Å². The first-order chi connectivity index (χ1) is 7.93. The van der Waals surface area contributed by atoms with Crippen molar-refractivity contribution in [3.63, 3.8) is 0 Å². The van der Waals surface area contributed by atoms with Crippen LogP contribution < -0.4 is 0 Å². The van der Waals surface area contributed by atoms with E-state index in [0.717, 1.165) is 23.7 Å². The molecule has 0 spiro atoms. The Morgan fingerprint density at radius 3 is 2.41 bits per heavy atom. The summed E-state index contributed by atoms with van der Waals surface area (Å²) in [5.41, 5.74) is 2.43. The highest BCUT2D eigenvalue weighted by molar-refractivity contribution is 5.89. The maximum Gasteiger partial charge on any atom is 0.337 e. The lowest BCUT2D eigenvalue weighted by molar-refractivity contribution is 0.0696. The summed E-state index contributed by atoms with van der Waals surface area (Å²) in [6.07, 6.45) is 2.41. The van der Waals surface area contributed by atoms with Gasteiger partial charge in [0.2, 0.25) is 0 Å². The summed E-state index contributed by atoms with van der Waals surface area (Å²) in [7, 11) is 0. The number of aromatic nitrogens is 1. The molecule has 0 radical (unpaired) electrons. The quantitative estimate of drug-likeness (QED) is 0.853. The summed E-state index contributed by atoms with van der Waals surface area (Å²) >= 11 is 0. The summed E-state index contributed by atoms with van der Waals surface area (Å²) < 4.78 is 2.23. The molecule has 1 aliphatic rings. The smallest absolute Gasteiger partial charge is 0.337 e. The SMILES string of the molecule is Cc1cc(C(=O)O)c(C)n1C1CCC(C)C1C. The minimum Gasteiger partial charge on any atom is -0.478 e. The third kappa shape index (κ3) is 1.88. The molecule has 1 aromatic heterocycles. The van der Waals surface area contributed by atoms with Gasteiger partial charge in [0.05, 0.1) is 5.56 Å². The lowest BCUT2D eigenvalue weighted by Crippen LogP contribution is -2.17. The second kappa shape index (κ2) is 4.21. The van der Waals surface area contributed by atoms with Crippen molar-refractivity contribution in [2.45, 2.75) is 46.6 Å². The molecule has 1 aromatic rings. The first-order valence-corrected chi connectivity index (χ1v) is 6.35. The van der Waals surface area contributed by atoms with Crippen LogP contribution in [0.3, 0.4) is 0 Å². The van der Waals surface area contributed by atoms with Gasteiger partial charge in [-0.25, -0.2) is 4.79 Å². The largest absolute Gasteiger partial charge is 0.478 e. The van der Waals surface area contributed by atoms with Gasteiger partial charge in [0.1, 0.15) is 0 Å². The molecule has 1 saturated carbocycles. The van der Waals surface area contributed by atoms with Crippen molar-refractivity contribution in [3.8, 4) is 0 Å². The van der Waals surface area contributed by atoms with Crippen LogP contribution in [0, 0.1) is 25.7 Å². The second-order valence-corrected chi connectivity index (χ2v) is 5.44. The van der Waals surface area contributed by atoms with E-state index in [9.17, 15) is 4.79 Å². The van der Waals surface area contributed by atoms with Gasteiger partial charge in [-0.15, -0.1) is 0 Å². The summed E-state index contributed by atoms with van der Waals surface area (Å²) in [5.74, 6) is 0.541. The van der Waals surface area contributed by atoms with Crippen LogP contribution >= 0.6 is 0 Å². The molecular formula is C14H21NO2. The lowest BCUT2D eigenvalue weighted by atomic mass is 9.97. The fourth-order valence-electron chi connectivity index (χ4n) is 3.21. The maximum atomic E-state index is 11.1. The van der Waals surface area contributed by atoms with Gasteiger partial charge in [0.15, 0.2) is 0 Å². The van der Waals surface area contributed by atoms with E-state index in [-0.39, 0.29) is 0 Å². The molecule has 94 valence electrons. The molecule has 3 nitrogen and oxygen atoms in total. The minimum absolute atomic E-state index is 0.453. The second-order valence-electron chi connectivity index (χ2n) is 5.44. The predicted octanol–water partition coefficient (Wildman–Crippen LogP) is 3.41. The van der Waals surface area contributed by atoms with Crippen molar-refractivity contribution in [2.75, 3.05) is 0 Å². The fourth-order valence-corrected chi connectivity index (χ4v) is 3.21. The van der Waals surface area contributed by atoms with Crippen molar-refractivity contribution in [2.24, 2.45) is 11.8 Å². The summed E-state index contributed by atoms with van der Waals surface area (Å²) in [4.78, 5) is 11.1. The van der Waals surface area contributed by atoms with Crippen LogP contribution in [0.2, 0.25) is 0 Å². The number of carboxylic acids is 1. The minimum atomic E-state index is -0.817. The van der Waals surface area contributed by atoms with Crippen molar-refractivity contribution >= 4 is 5.97 Å². The first-order valence-electron chi connectivity index (χ1n) is 6.35. The van der Waals surface area contributed by atoms with E-state index in [1.54, 1.807) is 6.07 Å². The van der Waals surface area contributed by atoms with Gasteiger partial charge in [0.25, 0.3) is 0 Å². The molecular weight excluding hydrogens is 214 g/mol. The Bertz CT molecular complexity index is 447. The molecule has 3 unspecified atom stereocenters. The van der Waals surface area contributed by atoms with Crippen molar-refractivity contribution < 1.29 is 9.90 Å². The van der Waals surface area contributed by atoms with Gasteiger partial charge in [-0.2, -0.15) is 0 Å². The van der Waals surface area contributed by atoms with Crippen LogP contribution in [0.25, 0.3) is 0 Å². The molecule has 0 aliphatic heterocycles. The number of hydrogen-bond acceptors (Lipinski definition) is 1. The topological polar surface area (TPSA) is 42.2 Å². The Hall–Kier alpha value is -1.25. The number of carboxylic acid groups (broad SMARTS) is 1. The van der Waals surface area contributed by atoms with Crippen LogP contribution in [-0.2, 0) is 0 Å². The van der Waals surface area contributed by atoms with E-state index < -0.39 is 5.97 Å². The van der Waals surface area contributed by atoms with E-state index in [1.165, 1.54) is 6.42 Å². The molecule has 0 aromatic carbocycles. The number of aromatic carboxylic acids is 1. The Morgan fingerprint density at radius 1 is 1.35 bits per heavy atom. The molecule has 17 heavy (non-hydrogen) atoms. The normalized spacial score (nSPS) is 28.6. The Balaban J connectivity index is 2.43. The summed E-state index contributed by atoms with van der Waals surface area (Å²) in [5, 5.41) is 9.15. The molecule has 3 heteroatoms. The molecule has 0 bridgehead atoms.